The van der Waals surface area contributed by atoms with Gasteiger partial charge in [0.05, 0.1) is 6.61 Å². The number of ether oxygens (including phenoxy) is 1. The van der Waals surface area contributed by atoms with Crippen molar-refractivity contribution < 1.29 is 9.53 Å². The van der Waals surface area contributed by atoms with Gasteiger partial charge in [0.1, 0.15) is 5.54 Å². The quantitative estimate of drug-likeness (QED) is 0.815. The first-order chi connectivity index (χ1) is 8.40. The van der Waals surface area contributed by atoms with E-state index in [-0.39, 0.29) is 12.0 Å². The average Bonchev–Trinajstić information content (AvgIpc) is 2.28. The zero-order chi connectivity index (χ0) is 13.8. The molecule has 1 N–H and O–H groups in total. The fraction of sp³-hybridized carbons (Fsp3) is 0.533. The Morgan fingerprint density at radius 2 is 2.11 bits per heavy atom. The molecule has 0 aliphatic heterocycles. The standard InChI is InChI=1S/C15H23NO2/c1-6-18-14(17)15(5,16-11(2)3)13-9-7-8-12(4)10-13/h7-11,16H,6H2,1-5H3. The molecule has 0 spiro atoms. The minimum atomic E-state index is -0.795. The molecule has 0 aromatic heterocycles. The Kier molecular flexibility index (Phi) is 4.91. The third-order valence-electron chi connectivity index (χ3n) is 2.86. The number of carbonyl (C=O) groups excluding carboxylic acids is 1. The lowest BCUT2D eigenvalue weighted by molar-refractivity contribution is -0.151. The van der Waals surface area contributed by atoms with Crippen molar-refractivity contribution in [2.24, 2.45) is 0 Å². The van der Waals surface area contributed by atoms with Crippen LogP contribution in [0.5, 0.6) is 0 Å². The topological polar surface area (TPSA) is 38.3 Å². The maximum absolute atomic E-state index is 12.2. The molecule has 0 aliphatic rings. The number of nitrogens with one attached hydrogen (secondary N) is 1. The zero-order valence-electron chi connectivity index (χ0n) is 11.9. The highest BCUT2D eigenvalue weighted by Gasteiger charge is 2.37. The number of hydrogen-bond donors (Lipinski definition) is 1. The minimum absolute atomic E-state index is 0.194. The van der Waals surface area contributed by atoms with Crippen molar-refractivity contribution in [1.29, 1.82) is 0 Å². The lowest BCUT2D eigenvalue weighted by atomic mass is 9.90. The van der Waals surface area contributed by atoms with E-state index in [9.17, 15) is 4.79 Å². The van der Waals surface area contributed by atoms with Gasteiger partial charge in [-0.1, -0.05) is 29.8 Å². The predicted octanol–water partition coefficient (Wildman–Crippen LogP) is 2.77. The maximum atomic E-state index is 12.2. The van der Waals surface area contributed by atoms with Crippen molar-refractivity contribution in [3.63, 3.8) is 0 Å². The first kappa shape index (κ1) is 14.7. The normalized spacial score (nSPS) is 14.3. The van der Waals surface area contributed by atoms with Gasteiger partial charge in [0.2, 0.25) is 0 Å². The highest BCUT2D eigenvalue weighted by atomic mass is 16.5. The average molecular weight is 249 g/mol. The monoisotopic (exact) mass is 249 g/mol. The summed E-state index contributed by atoms with van der Waals surface area (Å²) in [6, 6.07) is 8.15. The molecule has 0 heterocycles. The molecule has 0 saturated heterocycles. The van der Waals surface area contributed by atoms with Crippen molar-refractivity contribution in [1.82, 2.24) is 5.32 Å². The Balaban J connectivity index is 3.15. The Bertz CT molecular complexity index is 415. The van der Waals surface area contributed by atoms with Crippen LogP contribution in [0.2, 0.25) is 0 Å². The molecule has 0 aliphatic carbocycles. The Morgan fingerprint density at radius 3 is 2.61 bits per heavy atom. The second-order valence-corrected chi connectivity index (χ2v) is 5.01. The molecule has 0 fully saturated rings. The number of aryl methyl sites for hydroxylation is 1. The molecule has 3 nitrogen and oxygen atoms in total. The molecule has 0 saturated carbocycles. The molecule has 3 heteroatoms. The summed E-state index contributed by atoms with van der Waals surface area (Å²) in [6.07, 6.45) is 0. The van der Waals surface area contributed by atoms with E-state index in [4.69, 9.17) is 4.74 Å². The number of rotatable bonds is 5. The van der Waals surface area contributed by atoms with E-state index < -0.39 is 5.54 Å². The second kappa shape index (κ2) is 6.01. The number of carbonyl (C=O) groups is 1. The van der Waals surface area contributed by atoms with E-state index in [1.807, 2.05) is 58.9 Å². The number of benzene rings is 1. The van der Waals surface area contributed by atoms with Crippen LogP contribution in [-0.4, -0.2) is 18.6 Å². The Morgan fingerprint density at radius 1 is 1.44 bits per heavy atom. The molecular weight excluding hydrogens is 226 g/mol. The molecule has 0 radical (unpaired) electrons. The Labute approximate surface area is 110 Å². The smallest absolute Gasteiger partial charge is 0.330 e. The van der Waals surface area contributed by atoms with E-state index >= 15 is 0 Å². The molecule has 1 aromatic rings. The lowest BCUT2D eigenvalue weighted by Gasteiger charge is -2.31. The van der Waals surface area contributed by atoms with Crippen molar-refractivity contribution in [3.8, 4) is 0 Å². The molecule has 100 valence electrons. The van der Waals surface area contributed by atoms with E-state index in [1.54, 1.807) is 0 Å². The summed E-state index contributed by atoms with van der Waals surface area (Å²) in [4.78, 5) is 12.2. The molecule has 0 amide bonds. The van der Waals surface area contributed by atoms with E-state index in [1.165, 1.54) is 0 Å². The SMILES string of the molecule is CCOC(=O)C(C)(NC(C)C)c1cccc(C)c1. The van der Waals surface area contributed by atoms with Crippen LogP contribution in [0.15, 0.2) is 24.3 Å². The molecule has 0 bridgehead atoms. The van der Waals surface area contributed by atoms with Gasteiger partial charge in [0.15, 0.2) is 0 Å². The summed E-state index contributed by atoms with van der Waals surface area (Å²) in [7, 11) is 0. The summed E-state index contributed by atoms with van der Waals surface area (Å²) in [6.45, 7) is 10.1. The minimum Gasteiger partial charge on any atom is -0.464 e. The van der Waals surface area contributed by atoms with Gasteiger partial charge in [-0.25, -0.2) is 4.79 Å². The summed E-state index contributed by atoms with van der Waals surface area (Å²) in [5, 5.41) is 3.31. The van der Waals surface area contributed by atoms with Crippen molar-refractivity contribution in [2.75, 3.05) is 6.61 Å². The third-order valence-corrected chi connectivity index (χ3v) is 2.86. The molecule has 18 heavy (non-hydrogen) atoms. The van der Waals surface area contributed by atoms with Crippen molar-refractivity contribution in [2.45, 2.75) is 46.2 Å². The van der Waals surface area contributed by atoms with E-state index in [0.717, 1.165) is 11.1 Å². The van der Waals surface area contributed by atoms with Gasteiger partial charge in [0.25, 0.3) is 0 Å². The molecular formula is C15H23NO2. The maximum Gasteiger partial charge on any atom is 0.330 e. The molecule has 1 unspecified atom stereocenters. The first-order valence-corrected chi connectivity index (χ1v) is 6.42. The summed E-state index contributed by atoms with van der Waals surface area (Å²) >= 11 is 0. The van der Waals surface area contributed by atoms with E-state index in [2.05, 4.69) is 5.32 Å². The lowest BCUT2D eigenvalue weighted by Crippen LogP contribution is -2.50. The van der Waals surface area contributed by atoms with Crippen LogP contribution in [-0.2, 0) is 15.1 Å². The van der Waals surface area contributed by atoms with Gasteiger partial charge in [-0.3, -0.25) is 5.32 Å². The van der Waals surface area contributed by atoms with Crippen LogP contribution in [0.25, 0.3) is 0 Å². The molecule has 1 aromatic carbocycles. The van der Waals surface area contributed by atoms with Crippen LogP contribution < -0.4 is 5.32 Å². The fourth-order valence-corrected chi connectivity index (χ4v) is 2.07. The zero-order valence-corrected chi connectivity index (χ0v) is 11.9. The predicted molar refractivity (Wildman–Crippen MR) is 73.4 cm³/mol. The van der Waals surface area contributed by atoms with Crippen LogP contribution in [0.4, 0.5) is 0 Å². The van der Waals surface area contributed by atoms with Gasteiger partial charge in [-0.2, -0.15) is 0 Å². The third kappa shape index (κ3) is 3.33. The Hall–Kier alpha value is -1.35. The largest absolute Gasteiger partial charge is 0.464 e. The van der Waals surface area contributed by atoms with Crippen LogP contribution in [0, 0.1) is 6.92 Å². The summed E-state index contributed by atoms with van der Waals surface area (Å²) < 4.78 is 5.20. The molecule has 1 rings (SSSR count). The van der Waals surface area contributed by atoms with Gasteiger partial charge in [0, 0.05) is 6.04 Å². The van der Waals surface area contributed by atoms with Crippen LogP contribution in [0.1, 0.15) is 38.8 Å². The highest BCUT2D eigenvalue weighted by Crippen LogP contribution is 2.24. The summed E-state index contributed by atoms with van der Waals surface area (Å²) in [5.41, 5.74) is 1.28. The highest BCUT2D eigenvalue weighted by molar-refractivity contribution is 5.82. The summed E-state index contributed by atoms with van der Waals surface area (Å²) in [5.74, 6) is -0.232. The second-order valence-electron chi connectivity index (χ2n) is 5.01. The van der Waals surface area contributed by atoms with Gasteiger partial charge in [-0.15, -0.1) is 0 Å². The van der Waals surface area contributed by atoms with Crippen molar-refractivity contribution >= 4 is 5.97 Å². The van der Waals surface area contributed by atoms with Gasteiger partial charge < -0.3 is 4.74 Å². The van der Waals surface area contributed by atoms with Gasteiger partial charge >= 0.3 is 5.97 Å². The van der Waals surface area contributed by atoms with E-state index in [0.29, 0.717) is 6.61 Å². The van der Waals surface area contributed by atoms with Crippen molar-refractivity contribution in [3.05, 3.63) is 35.4 Å². The fourth-order valence-electron chi connectivity index (χ4n) is 2.07. The van der Waals surface area contributed by atoms with Crippen LogP contribution >= 0.6 is 0 Å². The van der Waals surface area contributed by atoms with Gasteiger partial charge in [-0.05, 0) is 40.2 Å². The number of esters is 1. The number of hydrogen-bond acceptors (Lipinski definition) is 3. The first-order valence-electron chi connectivity index (χ1n) is 6.42. The molecule has 1 atom stereocenters. The van der Waals surface area contributed by atoms with Crippen LogP contribution in [0.3, 0.4) is 0 Å².